The summed E-state index contributed by atoms with van der Waals surface area (Å²) in [4.78, 5) is 18.8. The molecule has 1 saturated heterocycles. The number of nitrogens with one attached hydrogen (secondary N) is 1. The number of thiophene rings is 1. The van der Waals surface area contributed by atoms with E-state index in [9.17, 15) is 9.90 Å². The third-order valence-corrected chi connectivity index (χ3v) is 4.30. The summed E-state index contributed by atoms with van der Waals surface area (Å²) in [5.74, 6) is 0.898. The molecule has 2 amide bonds. The Kier molecular flexibility index (Phi) is 4.16. The molecule has 3 rings (SSSR count). The maximum atomic E-state index is 12.0. The first-order chi connectivity index (χ1) is 10.3. The Labute approximate surface area is 125 Å². The zero-order valence-electron chi connectivity index (χ0n) is 11.4. The summed E-state index contributed by atoms with van der Waals surface area (Å²) in [6, 6.07) is 3.52. The van der Waals surface area contributed by atoms with Crippen molar-refractivity contribution in [2.45, 2.75) is 25.4 Å². The summed E-state index contributed by atoms with van der Waals surface area (Å²) in [5.41, 5.74) is 0. The van der Waals surface area contributed by atoms with E-state index in [1.54, 1.807) is 4.90 Å². The summed E-state index contributed by atoms with van der Waals surface area (Å²) >= 11 is 1.52. The van der Waals surface area contributed by atoms with Gasteiger partial charge in [0.25, 0.3) is 5.89 Å². The monoisotopic (exact) mass is 308 g/mol. The first-order valence-corrected chi connectivity index (χ1v) is 7.67. The largest absolute Gasteiger partial charge is 0.394 e. The zero-order chi connectivity index (χ0) is 14.7. The molecule has 2 aromatic heterocycles. The van der Waals surface area contributed by atoms with Crippen LogP contribution in [0.25, 0.3) is 10.8 Å². The van der Waals surface area contributed by atoms with Gasteiger partial charge in [-0.05, 0) is 24.3 Å². The van der Waals surface area contributed by atoms with Crippen LogP contribution in [-0.2, 0) is 6.54 Å². The topological polar surface area (TPSA) is 91.5 Å². The minimum absolute atomic E-state index is 0.00183. The van der Waals surface area contributed by atoms with Gasteiger partial charge in [0, 0.05) is 6.54 Å². The van der Waals surface area contributed by atoms with Gasteiger partial charge in [-0.25, -0.2) is 4.79 Å². The van der Waals surface area contributed by atoms with Gasteiger partial charge in [-0.1, -0.05) is 11.2 Å². The van der Waals surface area contributed by atoms with Gasteiger partial charge in [-0.3, -0.25) is 0 Å². The second-order valence-corrected chi connectivity index (χ2v) is 5.77. The Morgan fingerprint density at radius 1 is 1.62 bits per heavy atom. The van der Waals surface area contributed by atoms with E-state index in [4.69, 9.17) is 4.52 Å². The maximum absolute atomic E-state index is 12.0. The molecule has 112 valence electrons. The van der Waals surface area contributed by atoms with Crippen LogP contribution in [0.5, 0.6) is 0 Å². The Balaban J connectivity index is 1.57. The molecule has 1 fully saturated rings. The van der Waals surface area contributed by atoms with Gasteiger partial charge in [-0.2, -0.15) is 4.98 Å². The molecule has 2 aromatic rings. The average Bonchev–Trinajstić information content (AvgIpc) is 3.24. The number of aliphatic hydroxyl groups excluding tert-OH is 1. The highest BCUT2D eigenvalue weighted by Gasteiger charge is 2.28. The predicted octanol–water partition coefficient (Wildman–Crippen LogP) is 1.46. The molecule has 1 aliphatic rings. The SMILES string of the molecule is O=C(NCc1noc(-c2cccs2)n1)N1CCC[C@H]1CO. The number of hydrogen-bond donors (Lipinski definition) is 2. The third-order valence-electron chi connectivity index (χ3n) is 3.45. The Morgan fingerprint density at radius 3 is 3.29 bits per heavy atom. The molecule has 0 saturated carbocycles. The van der Waals surface area contributed by atoms with Gasteiger partial charge in [0.15, 0.2) is 5.82 Å². The van der Waals surface area contributed by atoms with Crippen LogP contribution in [-0.4, -0.2) is 45.4 Å². The molecular weight excluding hydrogens is 292 g/mol. The first-order valence-electron chi connectivity index (χ1n) is 6.79. The number of urea groups is 1. The molecule has 2 N–H and O–H groups in total. The van der Waals surface area contributed by atoms with Crippen molar-refractivity contribution in [3.05, 3.63) is 23.3 Å². The molecule has 7 nitrogen and oxygen atoms in total. The predicted molar refractivity (Wildman–Crippen MR) is 76.7 cm³/mol. The van der Waals surface area contributed by atoms with E-state index in [0.29, 0.717) is 18.3 Å². The van der Waals surface area contributed by atoms with Crippen molar-refractivity contribution in [3.63, 3.8) is 0 Å². The molecule has 0 unspecified atom stereocenters. The molecule has 21 heavy (non-hydrogen) atoms. The number of carbonyl (C=O) groups excluding carboxylic acids is 1. The van der Waals surface area contributed by atoms with Crippen LogP contribution < -0.4 is 5.32 Å². The first kappa shape index (κ1) is 14.0. The number of hydrogen-bond acceptors (Lipinski definition) is 6. The summed E-state index contributed by atoms with van der Waals surface area (Å²) in [5, 5.41) is 17.8. The van der Waals surface area contributed by atoms with Crippen molar-refractivity contribution in [2.24, 2.45) is 0 Å². The van der Waals surface area contributed by atoms with E-state index in [1.807, 2.05) is 17.5 Å². The summed E-state index contributed by atoms with van der Waals surface area (Å²) in [6.07, 6.45) is 1.76. The number of nitrogens with zero attached hydrogens (tertiary/aromatic N) is 3. The van der Waals surface area contributed by atoms with Crippen LogP contribution >= 0.6 is 11.3 Å². The lowest BCUT2D eigenvalue weighted by molar-refractivity contribution is 0.156. The smallest absolute Gasteiger partial charge is 0.318 e. The minimum Gasteiger partial charge on any atom is -0.394 e. The lowest BCUT2D eigenvalue weighted by Crippen LogP contribution is -2.44. The Morgan fingerprint density at radius 2 is 2.52 bits per heavy atom. The number of aliphatic hydroxyl groups is 1. The van der Waals surface area contributed by atoms with Crippen molar-refractivity contribution in [1.29, 1.82) is 0 Å². The zero-order valence-corrected chi connectivity index (χ0v) is 12.2. The van der Waals surface area contributed by atoms with Crippen LogP contribution in [0, 0.1) is 0 Å². The van der Waals surface area contributed by atoms with E-state index in [0.717, 1.165) is 17.7 Å². The molecule has 8 heteroatoms. The van der Waals surface area contributed by atoms with Gasteiger partial charge in [0.1, 0.15) is 0 Å². The number of carbonyl (C=O) groups is 1. The second kappa shape index (κ2) is 6.23. The molecule has 3 heterocycles. The van der Waals surface area contributed by atoms with Crippen LogP contribution in [0.3, 0.4) is 0 Å². The fourth-order valence-electron chi connectivity index (χ4n) is 2.38. The molecule has 0 aliphatic carbocycles. The molecular formula is C13H16N4O3S. The van der Waals surface area contributed by atoms with E-state index in [-0.39, 0.29) is 25.2 Å². The fraction of sp³-hybridized carbons (Fsp3) is 0.462. The van der Waals surface area contributed by atoms with Crippen molar-refractivity contribution >= 4 is 17.4 Å². The molecule has 0 radical (unpaired) electrons. The number of aromatic nitrogens is 2. The highest BCUT2D eigenvalue weighted by atomic mass is 32.1. The fourth-order valence-corrected chi connectivity index (χ4v) is 3.02. The highest BCUT2D eigenvalue weighted by Crippen LogP contribution is 2.22. The molecule has 1 atom stereocenters. The average molecular weight is 308 g/mol. The van der Waals surface area contributed by atoms with E-state index in [2.05, 4.69) is 15.5 Å². The summed E-state index contributed by atoms with van der Waals surface area (Å²) in [7, 11) is 0. The number of likely N-dealkylation sites (tertiary alicyclic amines) is 1. The van der Waals surface area contributed by atoms with Gasteiger partial charge in [0.05, 0.1) is 24.1 Å². The van der Waals surface area contributed by atoms with Crippen LogP contribution in [0.4, 0.5) is 4.79 Å². The lowest BCUT2D eigenvalue weighted by Gasteiger charge is -2.22. The van der Waals surface area contributed by atoms with E-state index >= 15 is 0 Å². The van der Waals surface area contributed by atoms with Crippen LogP contribution in [0.15, 0.2) is 22.0 Å². The van der Waals surface area contributed by atoms with Crippen LogP contribution in [0.2, 0.25) is 0 Å². The standard InChI is InChI=1S/C13H16N4O3S/c18-8-9-3-1-5-17(9)13(19)14-7-11-15-12(20-16-11)10-4-2-6-21-10/h2,4,6,9,18H,1,3,5,7-8H2,(H,14,19)/t9-/m0/s1. The van der Waals surface area contributed by atoms with Crippen molar-refractivity contribution in [2.75, 3.05) is 13.2 Å². The molecule has 0 aromatic carbocycles. The highest BCUT2D eigenvalue weighted by molar-refractivity contribution is 7.13. The lowest BCUT2D eigenvalue weighted by atomic mass is 10.2. The van der Waals surface area contributed by atoms with Crippen molar-refractivity contribution in [1.82, 2.24) is 20.4 Å². The van der Waals surface area contributed by atoms with Gasteiger partial charge < -0.3 is 19.8 Å². The number of rotatable bonds is 4. The van der Waals surface area contributed by atoms with Crippen molar-refractivity contribution < 1.29 is 14.4 Å². The van der Waals surface area contributed by atoms with Gasteiger partial charge in [-0.15, -0.1) is 11.3 Å². The maximum Gasteiger partial charge on any atom is 0.318 e. The Hall–Kier alpha value is -1.93. The normalized spacial score (nSPS) is 18.1. The molecule has 0 bridgehead atoms. The molecule has 0 spiro atoms. The van der Waals surface area contributed by atoms with Gasteiger partial charge in [0.2, 0.25) is 0 Å². The van der Waals surface area contributed by atoms with Crippen molar-refractivity contribution in [3.8, 4) is 10.8 Å². The summed E-state index contributed by atoms with van der Waals surface area (Å²) < 4.78 is 5.15. The second-order valence-electron chi connectivity index (χ2n) is 4.82. The molecule has 1 aliphatic heterocycles. The van der Waals surface area contributed by atoms with Gasteiger partial charge >= 0.3 is 6.03 Å². The van der Waals surface area contributed by atoms with E-state index in [1.165, 1.54) is 11.3 Å². The number of amides is 2. The third kappa shape index (κ3) is 3.06. The van der Waals surface area contributed by atoms with Crippen LogP contribution in [0.1, 0.15) is 18.7 Å². The quantitative estimate of drug-likeness (QED) is 0.892. The summed E-state index contributed by atoms with van der Waals surface area (Å²) in [6.45, 7) is 0.879. The minimum atomic E-state index is -0.200. The van der Waals surface area contributed by atoms with E-state index < -0.39 is 0 Å². The Bertz CT molecular complexity index is 598.